The number of nitrogens with zero attached hydrogens (tertiary/aromatic N) is 2. The Kier molecular flexibility index (Phi) is 5.77. The summed E-state index contributed by atoms with van der Waals surface area (Å²) in [6.45, 7) is 10.5. The van der Waals surface area contributed by atoms with Crippen LogP contribution in [0.25, 0.3) is 5.57 Å². The van der Waals surface area contributed by atoms with Crippen molar-refractivity contribution in [2.24, 2.45) is 0 Å². The number of carbonyl (C=O) groups is 1. The number of aryl methyl sites for hydroxylation is 1. The largest absolute Gasteiger partial charge is 0.370 e. The average Bonchev–Trinajstić information content (AvgIpc) is 3.13. The van der Waals surface area contributed by atoms with Crippen molar-refractivity contribution in [3.63, 3.8) is 0 Å². The first kappa shape index (κ1) is 21.8. The molecule has 2 aliphatic rings. The van der Waals surface area contributed by atoms with Gasteiger partial charge in [0.05, 0.1) is 28.3 Å². The summed E-state index contributed by atoms with van der Waals surface area (Å²) in [5.41, 5.74) is 4.36. The van der Waals surface area contributed by atoms with Gasteiger partial charge < -0.3 is 15.0 Å². The summed E-state index contributed by atoms with van der Waals surface area (Å²) in [7, 11) is 0. The number of allylic oxidation sites excluding steroid dienone is 2. The van der Waals surface area contributed by atoms with Gasteiger partial charge in [0.1, 0.15) is 0 Å². The second-order valence-corrected chi connectivity index (χ2v) is 10.2. The van der Waals surface area contributed by atoms with Crippen molar-refractivity contribution in [1.29, 1.82) is 0 Å². The van der Waals surface area contributed by atoms with E-state index in [0.717, 1.165) is 54.9 Å². The molecule has 0 unspecified atom stereocenters. The van der Waals surface area contributed by atoms with Crippen molar-refractivity contribution in [3.05, 3.63) is 47.3 Å². The fraction of sp³-hybridized carbons (Fsp3) is 0.560. The molecule has 6 heteroatoms. The van der Waals surface area contributed by atoms with Gasteiger partial charge in [-0.3, -0.25) is 9.78 Å². The molecule has 0 bridgehead atoms. The molecule has 0 saturated carbocycles. The van der Waals surface area contributed by atoms with Gasteiger partial charge in [0.15, 0.2) is 5.82 Å². The number of hydrogen-bond acceptors (Lipinski definition) is 4. The first-order valence-electron chi connectivity index (χ1n) is 11.4. The molecule has 2 aromatic rings. The smallest absolute Gasteiger partial charge is 0.291 e. The Morgan fingerprint density at radius 1 is 1.13 bits per heavy atom. The number of ether oxygens (including phenoxy) is 1. The van der Waals surface area contributed by atoms with E-state index in [-0.39, 0.29) is 17.1 Å². The van der Waals surface area contributed by atoms with Crippen LogP contribution in [-0.2, 0) is 4.74 Å². The van der Waals surface area contributed by atoms with Crippen LogP contribution in [0.1, 0.15) is 99.8 Å². The summed E-state index contributed by atoms with van der Waals surface area (Å²) in [5.74, 6) is 0.394. The van der Waals surface area contributed by atoms with Crippen molar-refractivity contribution in [1.82, 2.24) is 15.0 Å². The van der Waals surface area contributed by atoms with Gasteiger partial charge in [0.25, 0.3) is 5.91 Å². The average molecular weight is 423 g/mol. The van der Waals surface area contributed by atoms with Crippen molar-refractivity contribution >= 4 is 17.2 Å². The Morgan fingerprint density at radius 2 is 1.87 bits per heavy atom. The molecule has 1 saturated heterocycles. The zero-order valence-electron chi connectivity index (χ0n) is 19.3. The molecule has 3 heterocycles. The lowest BCUT2D eigenvalue weighted by Gasteiger charge is -2.45. The summed E-state index contributed by atoms with van der Waals surface area (Å²) in [6, 6.07) is 4.08. The first-order chi connectivity index (χ1) is 14.6. The molecular formula is C25H34N4O2. The maximum Gasteiger partial charge on any atom is 0.291 e. The summed E-state index contributed by atoms with van der Waals surface area (Å²) >= 11 is 0. The maximum atomic E-state index is 12.8. The predicted octanol–water partition coefficient (Wildman–Crippen LogP) is 5.77. The summed E-state index contributed by atoms with van der Waals surface area (Å²) in [6.07, 6.45) is 10.3. The highest BCUT2D eigenvalue weighted by molar-refractivity contribution is 6.03. The monoisotopic (exact) mass is 422 g/mol. The number of amides is 1. The van der Waals surface area contributed by atoms with E-state index in [1.165, 1.54) is 12.0 Å². The fourth-order valence-electron chi connectivity index (χ4n) is 5.11. The SMILES string of the molecule is Cc1c[nH]c(C(=O)Nc2ccc(C3CC(C)(C)OC(C)(C)C3)nc2C2=CCCCC2)n1. The minimum absolute atomic E-state index is 0.192. The summed E-state index contributed by atoms with van der Waals surface area (Å²) in [4.78, 5) is 25.1. The van der Waals surface area contributed by atoms with E-state index in [0.29, 0.717) is 11.7 Å². The Labute approximate surface area is 184 Å². The van der Waals surface area contributed by atoms with Gasteiger partial charge >= 0.3 is 0 Å². The Hall–Kier alpha value is -2.47. The van der Waals surface area contributed by atoms with E-state index >= 15 is 0 Å². The molecule has 4 rings (SSSR count). The van der Waals surface area contributed by atoms with E-state index < -0.39 is 0 Å². The minimum Gasteiger partial charge on any atom is -0.370 e. The van der Waals surface area contributed by atoms with E-state index in [1.807, 2.05) is 13.0 Å². The number of carbonyl (C=O) groups excluding carboxylic acids is 1. The number of aromatic nitrogens is 3. The van der Waals surface area contributed by atoms with Crippen molar-refractivity contribution in [3.8, 4) is 0 Å². The van der Waals surface area contributed by atoms with Crippen molar-refractivity contribution < 1.29 is 9.53 Å². The molecular weight excluding hydrogens is 388 g/mol. The Balaban J connectivity index is 1.68. The van der Waals surface area contributed by atoms with Gasteiger partial charge in [-0.2, -0.15) is 0 Å². The van der Waals surface area contributed by atoms with Gasteiger partial charge in [-0.05, 0) is 90.8 Å². The minimum atomic E-state index is -0.242. The predicted molar refractivity (Wildman–Crippen MR) is 123 cm³/mol. The molecule has 1 amide bonds. The second-order valence-electron chi connectivity index (χ2n) is 10.2. The van der Waals surface area contributed by atoms with Crippen molar-refractivity contribution in [2.75, 3.05) is 5.32 Å². The quantitative estimate of drug-likeness (QED) is 0.655. The van der Waals surface area contributed by atoms with Crippen LogP contribution < -0.4 is 5.32 Å². The number of anilines is 1. The van der Waals surface area contributed by atoms with Crippen LogP contribution in [0.15, 0.2) is 24.4 Å². The van der Waals surface area contributed by atoms with Gasteiger partial charge in [0.2, 0.25) is 0 Å². The highest BCUT2D eigenvalue weighted by Gasteiger charge is 2.40. The number of pyridine rings is 1. The fourth-order valence-corrected chi connectivity index (χ4v) is 5.11. The highest BCUT2D eigenvalue weighted by atomic mass is 16.5. The first-order valence-corrected chi connectivity index (χ1v) is 11.4. The molecule has 0 aromatic carbocycles. The molecule has 31 heavy (non-hydrogen) atoms. The molecule has 0 radical (unpaired) electrons. The maximum absolute atomic E-state index is 12.8. The molecule has 1 fully saturated rings. The van der Waals surface area contributed by atoms with Crippen LogP contribution in [0.5, 0.6) is 0 Å². The molecule has 2 N–H and O–H groups in total. The molecule has 6 nitrogen and oxygen atoms in total. The number of rotatable bonds is 4. The number of hydrogen-bond donors (Lipinski definition) is 2. The zero-order valence-corrected chi connectivity index (χ0v) is 19.3. The third-order valence-corrected chi connectivity index (χ3v) is 6.13. The summed E-state index contributed by atoms with van der Waals surface area (Å²) in [5, 5.41) is 3.04. The summed E-state index contributed by atoms with van der Waals surface area (Å²) < 4.78 is 6.28. The van der Waals surface area contributed by atoms with Crippen LogP contribution >= 0.6 is 0 Å². The lowest BCUT2D eigenvalue weighted by atomic mass is 9.79. The molecule has 166 valence electrons. The topological polar surface area (TPSA) is 79.9 Å². The van der Waals surface area contributed by atoms with Gasteiger partial charge in [-0.1, -0.05) is 6.08 Å². The lowest BCUT2D eigenvalue weighted by molar-refractivity contribution is -0.162. The van der Waals surface area contributed by atoms with Crippen LogP contribution in [0.2, 0.25) is 0 Å². The van der Waals surface area contributed by atoms with Crippen molar-refractivity contribution in [2.45, 2.75) is 90.3 Å². The molecule has 1 aliphatic carbocycles. The van der Waals surface area contributed by atoms with Gasteiger partial charge in [-0.25, -0.2) is 4.98 Å². The highest BCUT2D eigenvalue weighted by Crippen LogP contribution is 2.43. The third kappa shape index (κ3) is 5.06. The van der Waals surface area contributed by atoms with Crippen LogP contribution in [-0.4, -0.2) is 32.1 Å². The molecule has 2 aromatic heterocycles. The number of imidazole rings is 1. The normalized spacial score (nSPS) is 20.9. The molecule has 0 atom stereocenters. The standard InChI is InChI=1S/C25H34N4O2/c1-16-15-26-22(27-16)23(30)29-20-12-11-19(28-21(20)17-9-7-6-8-10-17)18-13-24(2,3)31-25(4,5)14-18/h9,11-12,15,18H,6-8,10,13-14H2,1-5H3,(H,26,27)(H,29,30). The van der Waals surface area contributed by atoms with E-state index in [9.17, 15) is 4.79 Å². The molecule has 1 aliphatic heterocycles. The number of aromatic amines is 1. The van der Waals surface area contributed by atoms with Gasteiger partial charge in [0, 0.05) is 17.8 Å². The third-order valence-electron chi connectivity index (χ3n) is 6.13. The van der Waals surface area contributed by atoms with E-state index in [2.05, 4.69) is 55.1 Å². The number of nitrogens with one attached hydrogen (secondary N) is 2. The van der Waals surface area contributed by atoms with Crippen LogP contribution in [0, 0.1) is 6.92 Å². The van der Waals surface area contributed by atoms with Gasteiger partial charge in [-0.15, -0.1) is 0 Å². The van der Waals surface area contributed by atoms with E-state index in [1.54, 1.807) is 6.20 Å². The van der Waals surface area contributed by atoms with E-state index in [4.69, 9.17) is 9.72 Å². The number of H-pyrrole nitrogens is 1. The van der Waals surface area contributed by atoms with Crippen LogP contribution in [0.4, 0.5) is 5.69 Å². The molecule has 0 spiro atoms. The Morgan fingerprint density at radius 3 is 2.48 bits per heavy atom. The zero-order chi connectivity index (χ0) is 22.2. The van der Waals surface area contributed by atoms with Crippen LogP contribution in [0.3, 0.4) is 0 Å². The lowest BCUT2D eigenvalue weighted by Crippen LogP contribution is -2.44. The second kappa shape index (κ2) is 8.23. The Bertz CT molecular complexity index is 987.